The van der Waals surface area contributed by atoms with Crippen LogP contribution in [0.25, 0.3) is 0 Å². The second-order valence-corrected chi connectivity index (χ2v) is 15.4. The quantitative estimate of drug-likeness (QED) is 0.0469. The van der Waals surface area contributed by atoms with Gasteiger partial charge in [-0.1, -0.05) is 232 Å². The maximum atomic E-state index is 5.96. The zero-order valence-electron chi connectivity index (χ0n) is 34.2. The lowest BCUT2D eigenvalue weighted by atomic mass is 10.0. The summed E-state index contributed by atoms with van der Waals surface area (Å²) in [5, 5.41) is 0. The molecule has 0 aliphatic carbocycles. The minimum Gasteiger partial charge on any atom is -0.379 e. The third kappa shape index (κ3) is 43.9. The summed E-state index contributed by atoms with van der Waals surface area (Å²) >= 11 is 0. The van der Waals surface area contributed by atoms with Crippen molar-refractivity contribution < 1.29 is 18.9 Å². The highest BCUT2D eigenvalue weighted by molar-refractivity contribution is 4.56. The van der Waals surface area contributed by atoms with E-state index in [4.69, 9.17) is 18.9 Å². The van der Waals surface area contributed by atoms with Gasteiger partial charge in [-0.2, -0.15) is 0 Å². The molecule has 0 saturated carbocycles. The molecule has 0 aromatic carbocycles. The zero-order valence-corrected chi connectivity index (χ0v) is 34.2. The van der Waals surface area contributed by atoms with Crippen LogP contribution in [0, 0.1) is 0 Å². The second-order valence-electron chi connectivity index (χ2n) is 15.4. The summed E-state index contributed by atoms with van der Waals surface area (Å²) in [6, 6.07) is 0. The fourth-order valence-electron chi connectivity index (χ4n) is 6.95. The Morgan fingerprint density at radius 1 is 0.306 bits per heavy atom. The first-order valence-electron chi connectivity index (χ1n) is 22.6. The van der Waals surface area contributed by atoms with Gasteiger partial charge in [0.2, 0.25) is 0 Å². The van der Waals surface area contributed by atoms with E-state index in [1.165, 1.54) is 218 Å². The summed E-state index contributed by atoms with van der Waals surface area (Å²) in [7, 11) is 1.68. The van der Waals surface area contributed by atoms with E-state index in [9.17, 15) is 0 Å². The van der Waals surface area contributed by atoms with Gasteiger partial charge in [-0.25, -0.2) is 0 Å². The lowest BCUT2D eigenvalue weighted by Gasteiger charge is -2.18. The van der Waals surface area contributed by atoms with Crippen LogP contribution in [0.3, 0.4) is 0 Å². The van der Waals surface area contributed by atoms with Crippen molar-refractivity contribution >= 4 is 0 Å². The van der Waals surface area contributed by atoms with Crippen molar-refractivity contribution in [2.45, 2.75) is 251 Å². The molecule has 0 fully saturated rings. The standard InChI is InChI=1S/C45H92O4/c1-4-6-8-10-12-14-16-18-20-22-24-26-28-30-32-34-36-38-40-47-42-45(49-44-46-3)43-48-41-39-37-35-33-31-29-27-25-23-21-19-17-15-13-11-9-7-5-2/h45H,4-44H2,1-3H3. The highest BCUT2D eigenvalue weighted by atomic mass is 16.7. The SMILES string of the molecule is CCCCCCCCCCCCCCCCCCCCOCC(COCCCCCCCCCCCCCCCCCCCC)OCOC. The summed E-state index contributed by atoms with van der Waals surface area (Å²) in [6.45, 7) is 7.75. The van der Waals surface area contributed by atoms with Crippen LogP contribution in [0.2, 0.25) is 0 Å². The van der Waals surface area contributed by atoms with Crippen LogP contribution >= 0.6 is 0 Å². The monoisotopic (exact) mass is 697 g/mol. The second kappa shape index (κ2) is 45.9. The van der Waals surface area contributed by atoms with Crippen molar-refractivity contribution in [2.24, 2.45) is 0 Å². The average Bonchev–Trinajstić information content (AvgIpc) is 3.11. The molecule has 0 radical (unpaired) electrons. The molecule has 0 N–H and O–H groups in total. The van der Waals surface area contributed by atoms with Crippen molar-refractivity contribution in [3.8, 4) is 0 Å². The Kier molecular flexibility index (Phi) is 45.7. The summed E-state index contributed by atoms with van der Waals surface area (Å²) in [6.07, 6.45) is 50.6. The Balaban J connectivity index is 3.40. The molecule has 0 aromatic rings. The average molecular weight is 697 g/mol. The van der Waals surface area contributed by atoms with Crippen molar-refractivity contribution in [1.82, 2.24) is 0 Å². The maximum Gasteiger partial charge on any atom is 0.146 e. The van der Waals surface area contributed by atoms with Gasteiger partial charge < -0.3 is 18.9 Å². The molecular formula is C45H92O4. The van der Waals surface area contributed by atoms with Gasteiger partial charge >= 0.3 is 0 Å². The number of methoxy groups -OCH3 is 1. The lowest BCUT2D eigenvalue weighted by Crippen LogP contribution is -2.27. The number of unbranched alkanes of at least 4 members (excludes halogenated alkanes) is 34. The Labute approximate surface area is 309 Å². The molecule has 0 aliphatic heterocycles. The Hall–Kier alpha value is -0.160. The first-order chi connectivity index (χ1) is 24.3. The first-order valence-corrected chi connectivity index (χ1v) is 22.6. The van der Waals surface area contributed by atoms with Crippen molar-refractivity contribution in [3.63, 3.8) is 0 Å². The lowest BCUT2D eigenvalue weighted by molar-refractivity contribution is -0.120. The molecule has 0 amide bonds. The fourth-order valence-corrected chi connectivity index (χ4v) is 6.95. The number of ether oxygens (including phenoxy) is 4. The van der Waals surface area contributed by atoms with Gasteiger partial charge in [0.25, 0.3) is 0 Å². The van der Waals surface area contributed by atoms with Crippen molar-refractivity contribution in [2.75, 3.05) is 40.3 Å². The van der Waals surface area contributed by atoms with Crippen LogP contribution in [0.15, 0.2) is 0 Å². The van der Waals surface area contributed by atoms with E-state index in [1.807, 2.05) is 0 Å². The zero-order chi connectivity index (χ0) is 35.4. The van der Waals surface area contributed by atoms with Crippen LogP contribution in [0.1, 0.15) is 245 Å². The van der Waals surface area contributed by atoms with Crippen LogP contribution < -0.4 is 0 Å². The number of hydrogen-bond acceptors (Lipinski definition) is 4. The highest BCUT2D eigenvalue weighted by Crippen LogP contribution is 2.16. The highest BCUT2D eigenvalue weighted by Gasteiger charge is 2.10. The molecule has 296 valence electrons. The molecule has 0 unspecified atom stereocenters. The normalized spacial score (nSPS) is 11.8. The van der Waals surface area contributed by atoms with E-state index in [0.29, 0.717) is 20.0 Å². The molecule has 0 aliphatic rings. The van der Waals surface area contributed by atoms with Gasteiger partial charge in [0.15, 0.2) is 0 Å². The van der Waals surface area contributed by atoms with E-state index >= 15 is 0 Å². The van der Waals surface area contributed by atoms with Crippen molar-refractivity contribution in [3.05, 3.63) is 0 Å². The minimum atomic E-state index is -0.0361. The van der Waals surface area contributed by atoms with E-state index < -0.39 is 0 Å². The predicted molar refractivity (Wildman–Crippen MR) is 216 cm³/mol. The summed E-state index contributed by atoms with van der Waals surface area (Å²) < 4.78 is 22.8. The van der Waals surface area contributed by atoms with Crippen LogP contribution in [-0.4, -0.2) is 46.4 Å². The van der Waals surface area contributed by atoms with E-state index in [-0.39, 0.29) is 6.10 Å². The Bertz CT molecular complexity index is 512. The largest absolute Gasteiger partial charge is 0.379 e. The van der Waals surface area contributed by atoms with Gasteiger partial charge in [-0.3, -0.25) is 0 Å². The smallest absolute Gasteiger partial charge is 0.146 e. The molecule has 0 heterocycles. The van der Waals surface area contributed by atoms with Gasteiger partial charge in [0.05, 0.1) is 13.2 Å². The molecule has 49 heavy (non-hydrogen) atoms. The van der Waals surface area contributed by atoms with E-state index in [1.54, 1.807) is 7.11 Å². The van der Waals surface area contributed by atoms with Gasteiger partial charge in [-0.05, 0) is 12.8 Å². The van der Waals surface area contributed by atoms with Crippen LogP contribution in [0.5, 0.6) is 0 Å². The summed E-state index contributed by atoms with van der Waals surface area (Å²) in [4.78, 5) is 0. The minimum absolute atomic E-state index is 0.0361. The summed E-state index contributed by atoms with van der Waals surface area (Å²) in [5.74, 6) is 0. The summed E-state index contributed by atoms with van der Waals surface area (Å²) in [5.41, 5.74) is 0. The number of rotatable bonds is 45. The van der Waals surface area contributed by atoms with E-state index in [0.717, 1.165) is 26.1 Å². The third-order valence-corrected chi connectivity index (χ3v) is 10.3. The topological polar surface area (TPSA) is 36.9 Å². The molecule has 0 saturated heterocycles. The van der Waals surface area contributed by atoms with Crippen molar-refractivity contribution in [1.29, 1.82) is 0 Å². The molecular weight excluding hydrogens is 604 g/mol. The maximum absolute atomic E-state index is 5.96. The van der Waals surface area contributed by atoms with Crippen LogP contribution in [-0.2, 0) is 18.9 Å². The first kappa shape index (κ1) is 48.8. The molecule has 4 heteroatoms. The van der Waals surface area contributed by atoms with Gasteiger partial charge in [-0.15, -0.1) is 0 Å². The molecule has 0 bridgehead atoms. The Morgan fingerprint density at radius 3 is 0.755 bits per heavy atom. The molecule has 0 atom stereocenters. The van der Waals surface area contributed by atoms with Crippen LogP contribution in [0.4, 0.5) is 0 Å². The molecule has 0 rings (SSSR count). The fraction of sp³-hybridized carbons (Fsp3) is 1.00. The molecule has 4 nitrogen and oxygen atoms in total. The van der Waals surface area contributed by atoms with Gasteiger partial charge in [0, 0.05) is 20.3 Å². The predicted octanol–water partition coefficient (Wildman–Crippen LogP) is 15.1. The Morgan fingerprint density at radius 2 is 0.531 bits per heavy atom. The molecule has 0 spiro atoms. The van der Waals surface area contributed by atoms with Gasteiger partial charge in [0.1, 0.15) is 12.9 Å². The van der Waals surface area contributed by atoms with E-state index in [2.05, 4.69) is 13.8 Å². The third-order valence-electron chi connectivity index (χ3n) is 10.3. The number of hydrogen-bond donors (Lipinski definition) is 0. The molecule has 0 aromatic heterocycles.